The Morgan fingerprint density at radius 1 is 1.26 bits per heavy atom. The summed E-state index contributed by atoms with van der Waals surface area (Å²) in [5, 5.41) is 5.62. The number of likely N-dealkylation sites (tertiary alicyclic amines) is 1. The van der Waals surface area contributed by atoms with E-state index in [0.29, 0.717) is 47.1 Å². The summed E-state index contributed by atoms with van der Waals surface area (Å²) in [6.45, 7) is 6.73. The Hall–Kier alpha value is -4.38. The highest BCUT2D eigenvalue weighted by molar-refractivity contribution is 5.98. The minimum Gasteiger partial charge on any atom is -0.458 e. The number of carbonyl (C=O) groups excluding carboxylic acids is 1. The highest BCUT2D eigenvalue weighted by Gasteiger charge is 2.27. The highest BCUT2D eigenvalue weighted by Crippen LogP contribution is 2.34. The SMILES string of the molecule is C#C/C=C\C(=C/C)Oc1ccc(-c2nn(C3CCN(C(=O)C=C)CC3)c3ncnc(N)c23)cc1. The van der Waals surface area contributed by atoms with Gasteiger partial charge in [-0.15, -0.1) is 6.42 Å². The number of anilines is 1. The van der Waals surface area contributed by atoms with E-state index in [1.165, 1.54) is 12.4 Å². The average Bonchev–Trinajstić information content (AvgIpc) is 3.27. The average molecular weight is 455 g/mol. The van der Waals surface area contributed by atoms with Crippen LogP contribution in [0.4, 0.5) is 5.82 Å². The summed E-state index contributed by atoms with van der Waals surface area (Å²) < 4.78 is 7.79. The molecule has 2 aromatic heterocycles. The number of carbonyl (C=O) groups is 1. The van der Waals surface area contributed by atoms with Crippen LogP contribution in [0, 0.1) is 12.3 Å². The molecule has 0 bridgehead atoms. The van der Waals surface area contributed by atoms with E-state index < -0.39 is 0 Å². The first kappa shape index (κ1) is 22.8. The fourth-order valence-electron chi connectivity index (χ4n) is 4.05. The van der Waals surface area contributed by atoms with Crippen molar-refractivity contribution in [1.29, 1.82) is 0 Å². The van der Waals surface area contributed by atoms with Crippen molar-refractivity contribution in [2.24, 2.45) is 0 Å². The van der Waals surface area contributed by atoms with Gasteiger partial charge in [-0.3, -0.25) is 4.79 Å². The van der Waals surface area contributed by atoms with Crippen molar-refractivity contribution in [2.75, 3.05) is 18.8 Å². The summed E-state index contributed by atoms with van der Waals surface area (Å²) in [6, 6.07) is 7.69. The Balaban J connectivity index is 1.64. The number of fused-ring (bicyclic) bond motifs is 1. The lowest BCUT2D eigenvalue weighted by Crippen LogP contribution is -2.38. The van der Waals surface area contributed by atoms with Crippen LogP contribution in [0.25, 0.3) is 22.3 Å². The third-order valence-electron chi connectivity index (χ3n) is 5.81. The summed E-state index contributed by atoms with van der Waals surface area (Å²) >= 11 is 0. The Morgan fingerprint density at radius 3 is 2.65 bits per heavy atom. The van der Waals surface area contributed by atoms with Gasteiger partial charge in [0.25, 0.3) is 0 Å². The van der Waals surface area contributed by atoms with E-state index in [0.717, 1.165) is 18.4 Å². The van der Waals surface area contributed by atoms with E-state index >= 15 is 0 Å². The van der Waals surface area contributed by atoms with E-state index in [1.807, 2.05) is 41.9 Å². The molecule has 0 saturated carbocycles. The molecule has 8 nitrogen and oxygen atoms in total. The largest absolute Gasteiger partial charge is 0.458 e. The first-order chi connectivity index (χ1) is 16.5. The molecule has 1 saturated heterocycles. The number of allylic oxidation sites excluding steroid dienone is 3. The van der Waals surface area contributed by atoms with Gasteiger partial charge in [-0.05, 0) is 68.3 Å². The summed E-state index contributed by atoms with van der Waals surface area (Å²) in [5.41, 5.74) is 8.52. The minimum absolute atomic E-state index is 0.0470. The smallest absolute Gasteiger partial charge is 0.245 e. The molecular weight excluding hydrogens is 428 g/mol. The number of nitrogen functional groups attached to an aromatic ring is 1. The lowest BCUT2D eigenvalue weighted by molar-refractivity contribution is -0.127. The fourth-order valence-corrected chi connectivity index (χ4v) is 4.05. The number of nitrogens with two attached hydrogens (primary N) is 1. The number of hydrogen-bond donors (Lipinski definition) is 1. The number of rotatable bonds is 6. The van der Waals surface area contributed by atoms with Gasteiger partial charge in [0.05, 0.1) is 11.4 Å². The van der Waals surface area contributed by atoms with E-state index in [-0.39, 0.29) is 11.9 Å². The molecule has 2 N–H and O–H groups in total. The van der Waals surface area contributed by atoms with Crippen LogP contribution in [0.1, 0.15) is 25.8 Å². The van der Waals surface area contributed by atoms with Crippen LogP contribution in [-0.2, 0) is 4.79 Å². The van der Waals surface area contributed by atoms with Gasteiger partial charge in [0, 0.05) is 18.7 Å². The van der Waals surface area contributed by atoms with Crippen molar-refractivity contribution >= 4 is 22.8 Å². The van der Waals surface area contributed by atoms with Gasteiger partial charge in [0.1, 0.15) is 29.3 Å². The molecule has 0 aliphatic carbocycles. The number of aromatic nitrogens is 4. The molecule has 34 heavy (non-hydrogen) atoms. The van der Waals surface area contributed by atoms with Crippen LogP contribution in [0.15, 0.2) is 67.2 Å². The second kappa shape index (κ2) is 10.0. The van der Waals surface area contributed by atoms with E-state index in [1.54, 1.807) is 17.1 Å². The van der Waals surface area contributed by atoms with Crippen LogP contribution >= 0.6 is 0 Å². The molecule has 8 heteroatoms. The zero-order valence-electron chi connectivity index (χ0n) is 19.0. The third-order valence-corrected chi connectivity index (χ3v) is 5.81. The van der Waals surface area contributed by atoms with Gasteiger partial charge in [-0.2, -0.15) is 5.10 Å². The van der Waals surface area contributed by atoms with E-state index in [9.17, 15) is 4.79 Å². The summed E-state index contributed by atoms with van der Waals surface area (Å²) in [4.78, 5) is 22.4. The Labute approximate surface area is 198 Å². The van der Waals surface area contributed by atoms with Crippen molar-refractivity contribution in [3.05, 3.63) is 67.2 Å². The van der Waals surface area contributed by atoms with Gasteiger partial charge >= 0.3 is 0 Å². The molecule has 0 spiro atoms. The standard InChI is InChI=1S/C26H26N6O2/c1-4-7-8-20(5-2)34-21-11-9-18(10-12-21)24-23-25(27)28-17-29-26(23)32(30-24)19-13-15-31(16-14-19)22(33)6-3/h1,5-12,17,19H,3,13-16H2,2H3,(H2,27,28,29)/b8-7-,20-5+. The lowest BCUT2D eigenvalue weighted by Gasteiger charge is -2.31. The maximum atomic E-state index is 11.9. The number of piperidine rings is 1. The fraction of sp³-hybridized carbons (Fsp3) is 0.231. The maximum absolute atomic E-state index is 11.9. The van der Waals surface area contributed by atoms with Crippen molar-refractivity contribution in [3.63, 3.8) is 0 Å². The van der Waals surface area contributed by atoms with Crippen LogP contribution in [0.5, 0.6) is 5.75 Å². The highest BCUT2D eigenvalue weighted by atomic mass is 16.5. The van der Waals surface area contributed by atoms with Crippen LogP contribution in [0.2, 0.25) is 0 Å². The molecule has 0 radical (unpaired) electrons. The normalized spacial score (nSPS) is 14.9. The molecular formula is C26H26N6O2. The maximum Gasteiger partial charge on any atom is 0.245 e. The number of benzene rings is 1. The quantitative estimate of drug-likeness (QED) is 0.263. The molecule has 1 amide bonds. The molecule has 172 valence electrons. The molecule has 4 rings (SSSR count). The van der Waals surface area contributed by atoms with Gasteiger partial charge < -0.3 is 15.4 Å². The number of nitrogens with zero attached hydrogens (tertiary/aromatic N) is 5. The van der Waals surface area contributed by atoms with Crippen LogP contribution in [0.3, 0.4) is 0 Å². The molecule has 1 aromatic carbocycles. The monoisotopic (exact) mass is 454 g/mol. The van der Waals surface area contributed by atoms with Gasteiger partial charge in [0.15, 0.2) is 5.65 Å². The second-order valence-electron chi connectivity index (χ2n) is 7.83. The van der Waals surface area contributed by atoms with Crippen molar-refractivity contribution < 1.29 is 9.53 Å². The predicted molar refractivity (Wildman–Crippen MR) is 133 cm³/mol. The molecule has 0 atom stereocenters. The van der Waals surface area contributed by atoms with Crippen molar-refractivity contribution in [2.45, 2.75) is 25.8 Å². The van der Waals surface area contributed by atoms with Gasteiger partial charge in [-0.1, -0.05) is 12.5 Å². The summed E-state index contributed by atoms with van der Waals surface area (Å²) in [6.07, 6.45) is 14.8. The summed E-state index contributed by atoms with van der Waals surface area (Å²) in [7, 11) is 0. The van der Waals surface area contributed by atoms with Gasteiger partial charge in [-0.25, -0.2) is 14.6 Å². The minimum atomic E-state index is -0.0470. The predicted octanol–water partition coefficient (Wildman–Crippen LogP) is 3.90. The van der Waals surface area contributed by atoms with Crippen molar-refractivity contribution in [1.82, 2.24) is 24.6 Å². The first-order valence-corrected chi connectivity index (χ1v) is 11.0. The number of amides is 1. The van der Waals surface area contributed by atoms with E-state index in [4.69, 9.17) is 22.0 Å². The lowest BCUT2D eigenvalue weighted by atomic mass is 10.1. The number of ether oxygens (including phenoxy) is 1. The van der Waals surface area contributed by atoms with Crippen LogP contribution in [-0.4, -0.2) is 43.6 Å². The molecule has 3 aromatic rings. The molecule has 0 unspecified atom stereocenters. The summed E-state index contributed by atoms with van der Waals surface area (Å²) in [5.74, 6) is 4.11. The molecule has 1 aliphatic heterocycles. The van der Waals surface area contributed by atoms with E-state index in [2.05, 4.69) is 22.5 Å². The Kier molecular flexibility index (Phi) is 6.74. The zero-order valence-corrected chi connectivity index (χ0v) is 19.0. The molecule has 1 aliphatic rings. The second-order valence-corrected chi connectivity index (χ2v) is 7.83. The topological polar surface area (TPSA) is 99.2 Å². The van der Waals surface area contributed by atoms with Crippen molar-refractivity contribution in [3.8, 4) is 29.4 Å². The Bertz CT molecular complexity index is 1310. The van der Waals surface area contributed by atoms with Gasteiger partial charge in [0.2, 0.25) is 5.91 Å². The van der Waals surface area contributed by atoms with Crippen LogP contribution < -0.4 is 10.5 Å². The zero-order chi connectivity index (χ0) is 24.1. The molecule has 1 fully saturated rings. The molecule has 3 heterocycles. The number of hydrogen-bond acceptors (Lipinski definition) is 6. The third kappa shape index (κ3) is 4.55. The first-order valence-electron chi connectivity index (χ1n) is 11.0. The Morgan fingerprint density at radius 2 is 2.00 bits per heavy atom. The number of terminal acetylenes is 1.